The van der Waals surface area contributed by atoms with Crippen LogP contribution in [0, 0.1) is 12.7 Å². The second-order valence-electron chi connectivity index (χ2n) is 4.25. The topological polar surface area (TPSA) is 21.3 Å². The Labute approximate surface area is 120 Å². The molecule has 0 atom stereocenters. The number of hydrogen-bond acceptors (Lipinski definition) is 2. The summed E-state index contributed by atoms with van der Waals surface area (Å²) < 4.78 is 20.0. The molecular formula is C15H15BrFNO. The second-order valence-corrected chi connectivity index (χ2v) is 5.16. The first kappa shape index (κ1) is 13.9. The van der Waals surface area contributed by atoms with Crippen LogP contribution < -0.4 is 10.1 Å². The van der Waals surface area contributed by atoms with Gasteiger partial charge >= 0.3 is 0 Å². The van der Waals surface area contributed by atoms with Crippen LogP contribution in [0.5, 0.6) is 5.75 Å². The van der Waals surface area contributed by atoms with Crippen LogP contribution >= 0.6 is 15.9 Å². The molecule has 19 heavy (non-hydrogen) atoms. The molecule has 2 aromatic carbocycles. The summed E-state index contributed by atoms with van der Waals surface area (Å²) in [6, 6.07) is 11.1. The van der Waals surface area contributed by atoms with Crippen LogP contribution in [0.25, 0.3) is 0 Å². The van der Waals surface area contributed by atoms with E-state index in [4.69, 9.17) is 4.74 Å². The summed E-state index contributed by atoms with van der Waals surface area (Å²) in [5.74, 6) is -0.0425. The lowest BCUT2D eigenvalue weighted by atomic mass is 10.1. The van der Waals surface area contributed by atoms with Crippen LogP contribution in [0.4, 0.5) is 10.1 Å². The van der Waals surface area contributed by atoms with Crippen LogP contribution in [0.2, 0.25) is 0 Å². The Morgan fingerprint density at radius 3 is 2.74 bits per heavy atom. The van der Waals surface area contributed by atoms with Crippen molar-refractivity contribution < 1.29 is 9.13 Å². The van der Waals surface area contributed by atoms with Crippen LogP contribution in [-0.4, -0.2) is 7.11 Å². The lowest BCUT2D eigenvalue weighted by molar-refractivity contribution is 0.384. The summed E-state index contributed by atoms with van der Waals surface area (Å²) >= 11 is 3.42. The minimum Gasteiger partial charge on any atom is -0.494 e. The van der Waals surface area contributed by atoms with E-state index < -0.39 is 0 Å². The Morgan fingerprint density at radius 2 is 2.05 bits per heavy atom. The number of methoxy groups -OCH3 is 1. The lowest BCUT2D eigenvalue weighted by Gasteiger charge is -2.11. The lowest BCUT2D eigenvalue weighted by Crippen LogP contribution is -2.04. The summed E-state index contributed by atoms with van der Waals surface area (Å²) in [5.41, 5.74) is 2.68. The molecule has 2 nitrogen and oxygen atoms in total. The monoisotopic (exact) mass is 323 g/mol. The molecule has 0 fully saturated rings. The van der Waals surface area contributed by atoms with Gasteiger partial charge in [-0.2, -0.15) is 0 Å². The van der Waals surface area contributed by atoms with E-state index in [1.165, 1.54) is 7.11 Å². The van der Waals surface area contributed by atoms with E-state index in [0.29, 0.717) is 12.1 Å². The highest BCUT2D eigenvalue weighted by molar-refractivity contribution is 9.10. The molecule has 0 aliphatic rings. The van der Waals surface area contributed by atoms with E-state index in [1.807, 2.05) is 25.1 Å². The smallest absolute Gasteiger partial charge is 0.170 e. The van der Waals surface area contributed by atoms with Gasteiger partial charge in [0.05, 0.1) is 7.11 Å². The first-order valence-electron chi connectivity index (χ1n) is 5.93. The normalized spacial score (nSPS) is 10.3. The minimum absolute atomic E-state index is 0.270. The Bertz CT molecular complexity index is 586. The molecule has 0 unspecified atom stereocenters. The molecule has 0 saturated carbocycles. The third kappa shape index (κ3) is 3.26. The zero-order chi connectivity index (χ0) is 13.8. The largest absolute Gasteiger partial charge is 0.494 e. The van der Waals surface area contributed by atoms with Crippen LogP contribution in [0.3, 0.4) is 0 Å². The number of nitrogens with one attached hydrogen (secondary N) is 1. The van der Waals surface area contributed by atoms with Gasteiger partial charge < -0.3 is 10.1 Å². The molecule has 0 saturated heterocycles. The SMILES string of the molecule is COc1cccc(CNc2ccc(Br)cc2C)c1F. The molecule has 0 heterocycles. The summed E-state index contributed by atoms with van der Waals surface area (Å²) in [6.07, 6.45) is 0. The standard InChI is InChI=1S/C15H15BrFNO/c1-10-8-12(16)6-7-13(10)18-9-11-4-3-5-14(19-2)15(11)17/h3-8,18H,9H2,1-2H3. The van der Waals surface area contributed by atoms with Gasteiger partial charge in [0.1, 0.15) is 0 Å². The molecule has 2 aromatic rings. The fourth-order valence-corrected chi connectivity index (χ4v) is 2.34. The van der Waals surface area contributed by atoms with Gasteiger partial charge in [-0.1, -0.05) is 28.1 Å². The fraction of sp³-hybridized carbons (Fsp3) is 0.200. The predicted octanol–water partition coefficient (Wildman–Crippen LogP) is 4.52. The number of benzene rings is 2. The van der Waals surface area contributed by atoms with Crippen LogP contribution in [0.15, 0.2) is 40.9 Å². The van der Waals surface area contributed by atoms with Crippen molar-refractivity contribution in [3.05, 3.63) is 57.8 Å². The Kier molecular flexibility index (Phi) is 4.43. The van der Waals surface area contributed by atoms with Crippen molar-refractivity contribution in [2.75, 3.05) is 12.4 Å². The summed E-state index contributed by atoms with van der Waals surface area (Å²) in [5, 5.41) is 3.23. The molecule has 0 spiro atoms. The molecule has 100 valence electrons. The van der Waals surface area contributed by atoms with E-state index in [1.54, 1.807) is 18.2 Å². The average molecular weight is 324 g/mol. The quantitative estimate of drug-likeness (QED) is 0.893. The van der Waals surface area contributed by atoms with Gasteiger partial charge in [0.25, 0.3) is 0 Å². The summed E-state index contributed by atoms with van der Waals surface area (Å²) in [4.78, 5) is 0. The van der Waals surface area contributed by atoms with E-state index in [9.17, 15) is 4.39 Å². The fourth-order valence-electron chi connectivity index (χ4n) is 1.87. The first-order valence-corrected chi connectivity index (χ1v) is 6.72. The highest BCUT2D eigenvalue weighted by Gasteiger charge is 2.08. The maximum Gasteiger partial charge on any atom is 0.170 e. The van der Waals surface area contributed by atoms with Gasteiger partial charge in [0.15, 0.2) is 11.6 Å². The molecule has 0 amide bonds. The second kappa shape index (κ2) is 6.06. The molecule has 0 bridgehead atoms. The average Bonchev–Trinajstić information content (AvgIpc) is 2.39. The van der Waals surface area contributed by atoms with Gasteiger partial charge in [-0.05, 0) is 36.8 Å². The van der Waals surface area contributed by atoms with Gasteiger partial charge in [0.2, 0.25) is 0 Å². The molecule has 2 rings (SSSR count). The summed E-state index contributed by atoms with van der Waals surface area (Å²) in [6.45, 7) is 2.43. The molecule has 1 N–H and O–H groups in total. The molecule has 0 aliphatic heterocycles. The summed E-state index contributed by atoms with van der Waals surface area (Å²) in [7, 11) is 1.47. The number of halogens is 2. The third-order valence-electron chi connectivity index (χ3n) is 2.92. The number of aryl methyl sites for hydroxylation is 1. The van der Waals surface area contributed by atoms with Crippen LogP contribution in [0.1, 0.15) is 11.1 Å². The molecular weight excluding hydrogens is 309 g/mol. The van der Waals surface area contributed by atoms with Crippen molar-refractivity contribution in [2.24, 2.45) is 0 Å². The van der Waals surface area contributed by atoms with E-state index in [-0.39, 0.29) is 11.6 Å². The van der Waals surface area contributed by atoms with Gasteiger partial charge in [-0.3, -0.25) is 0 Å². The number of rotatable bonds is 4. The Balaban J connectivity index is 2.14. The van der Waals surface area contributed by atoms with Gasteiger partial charge in [0, 0.05) is 22.3 Å². The first-order chi connectivity index (χ1) is 9.11. The van der Waals surface area contributed by atoms with E-state index >= 15 is 0 Å². The molecule has 0 aliphatic carbocycles. The Morgan fingerprint density at radius 1 is 1.26 bits per heavy atom. The third-order valence-corrected chi connectivity index (χ3v) is 3.41. The maximum absolute atomic E-state index is 14.0. The molecule has 4 heteroatoms. The molecule has 0 aromatic heterocycles. The highest BCUT2D eigenvalue weighted by Crippen LogP contribution is 2.23. The number of hydrogen-bond donors (Lipinski definition) is 1. The zero-order valence-corrected chi connectivity index (χ0v) is 12.4. The highest BCUT2D eigenvalue weighted by atomic mass is 79.9. The predicted molar refractivity (Wildman–Crippen MR) is 79.2 cm³/mol. The van der Waals surface area contributed by atoms with Crippen molar-refractivity contribution in [1.29, 1.82) is 0 Å². The number of anilines is 1. The van der Waals surface area contributed by atoms with Gasteiger partial charge in [-0.15, -0.1) is 0 Å². The van der Waals surface area contributed by atoms with E-state index in [2.05, 4.69) is 21.2 Å². The van der Waals surface area contributed by atoms with Crippen molar-refractivity contribution >= 4 is 21.6 Å². The number of ether oxygens (including phenoxy) is 1. The zero-order valence-electron chi connectivity index (χ0n) is 10.8. The van der Waals surface area contributed by atoms with Crippen molar-refractivity contribution in [1.82, 2.24) is 0 Å². The van der Waals surface area contributed by atoms with Crippen LogP contribution in [-0.2, 0) is 6.54 Å². The van der Waals surface area contributed by atoms with Crippen molar-refractivity contribution in [3.8, 4) is 5.75 Å². The van der Waals surface area contributed by atoms with Crippen molar-refractivity contribution in [3.63, 3.8) is 0 Å². The minimum atomic E-state index is -0.313. The Hall–Kier alpha value is -1.55. The van der Waals surface area contributed by atoms with Crippen molar-refractivity contribution in [2.45, 2.75) is 13.5 Å². The molecule has 0 radical (unpaired) electrons. The van der Waals surface area contributed by atoms with E-state index in [0.717, 1.165) is 15.7 Å². The van der Waals surface area contributed by atoms with Gasteiger partial charge in [-0.25, -0.2) is 4.39 Å². The maximum atomic E-state index is 14.0.